The van der Waals surface area contributed by atoms with Crippen LogP contribution < -0.4 is 4.74 Å². The second-order valence-electron chi connectivity index (χ2n) is 2.58. The van der Waals surface area contributed by atoms with Crippen LogP contribution in [-0.4, -0.2) is 12.9 Å². The Morgan fingerprint density at radius 3 is 2.53 bits per heavy atom. The lowest BCUT2D eigenvalue weighted by molar-refractivity contribution is -0.137. The molecular formula is C9H5ClF3O2. The number of hydrogen-bond donors (Lipinski definition) is 0. The molecule has 81 valence electrons. The second kappa shape index (κ2) is 4.53. The maximum absolute atomic E-state index is 12.2. The van der Waals surface area contributed by atoms with Gasteiger partial charge in [0.05, 0.1) is 10.6 Å². The third-order valence-corrected chi connectivity index (χ3v) is 1.84. The third-order valence-electron chi connectivity index (χ3n) is 1.55. The lowest BCUT2D eigenvalue weighted by atomic mass is 10.2. The minimum Gasteiger partial charge on any atom is -0.484 e. The van der Waals surface area contributed by atoms with E-state index < -0.39 is 11.7 Å². The highest BCUT2D eigenvalue weighted by molar-refractivity contribution is 6.32. The maximum atomic E-state index is 12.2. The summed E-state index contributed by atoms with van der Waals surface area (Å²) < 4.78 is 41.3. The molecule has 0 aliphatic heterocycles. The molecule has 0 N–H and O–H groups in total. The van der Waals surface area contributed by atoms with Gasteiger partial charge in [-0.05, 0) is 18.2 Å². The molecule has 6 heteroatoms. The van der Waals surface area contributed by atoms with Crippen molar-refractivity contribution in [3.8, 4) is 5.75 Å². The first-order valence-corrected chi connectivity index (χ1v) is 4.17. The second-order valence-corrected chi connectivity index (χ2v) is 2.98. The van der Waals surface area contributed by atoms with Crippen molar-refractivity contribution in [2.75, 3.05) is 6.61 Å². The molecule has 1 radical (unpaired) electrons. The van der Waals surface area contributed by atoms with E-state index in [4.69, 9.17) is 16.3 Å². The minimum atomic E-state index is -4.45. The molecule has 0 aromatic heterocycles. The van der Waals surface area contributed by atoms with Crippen LogP contribution in [0.1, 0.15) is 5.56 Å². The Kier molecular flexibility index (Phi) is 3.57. The molecule has 0 unspecified atom stereocenters. The van der Waals surface area contributed by atoms with Crippen LogP contribution in [0.3, 0.4) is 0 Å². The number of rotatable bonds is 3. The van der Waals surface area contributed by atoms with Gasteiger partial charge in [0, 0.05) is 0 Å². The molecule has 0 heterocycles. The van der Waals surface area contributed by atoms with Crippen molar-refractivity contribution in [3.05, 3.63) is 28.8 Å². The molecule has 1 aromatic carbocycles. The summed E-state index contributed by atoms with van der Waals surface area (Å²) >= 11 is 5.52. The summed E-state index contributed by atoms with van der Waals surface area (Å²) in [6.45, 7) is -0.370. The summed E-state index contributed by atoms with van der Waals surface area (Å²) in [6, 6.07) is 2.62. The Hall–Kier alpha value is -1.23. The Labute approximate surface area is 88.6 Å². The Morgan fingerprint density at radius 2 is 2.07 bits per heavy atom. The molecule has 2 nitrogen and oxygen atoms in total. The van der Waals surface area contributed by atoms with Gasteiger partial charge in [0.2, 0.25) is 6.29 Å². The van der Waals surface area contributed by atoms with Crippen LogP contribution in [0.5, 0.6) is 5.75 Å². The molecule has 0 atom stereocenters. The van der Waals surface area contributed by atoms with Crippen molar-refractivity contribution >= 4 is 17.9 Å². The molecule has 0 spiro atoms. The molecule has 0 aliphatic carbocycles. The summed E-state index contributed by atoms with van der Waals surface area (Å²) in [7, 11) is 0. The molecule has 1 rings (SSSR count). The molecule has 1 aromatic rings. The third kappa shape index (κ3) is 3.13. The number of carbonyl (C=O) groups excluding carboxylic acids is 1. The Morgan fingerprint density at radius 1 is 1.40 bits per heavy atom. The van der Waals surface area contributed by atoms with Gasteiger partial charge in [-0.15, -0.1) is 0 Å². The highest BCUT2D eigenvalue weighted by Crippen LogP contribution is 2.34. The fourth-order valence-electron chi connectivity index (χ4n) is 0.901. The number of alkyl halides is 3. The minimum absolute atomic E-state index is 0.0213. The summed E-state index contributed by atoms with van der Waals surface area (Å²) in [5.74, 6) is 0.0213. The van der Waals surface area contributed by atoms with Crippen LogP contribution in [0, 0.1) is 0 Å². The first-order valence-electron chi connectivity index (χ1n) is 3.79. The van der Waals surface area contributed by atoms with Gasteiger partial charge >= 0.3 is 6.18 Å². The van der Waals surface area contributed by atoms with Gasteiger partial charge in [0.25, 0.3) is 0 Å². The largest absolute Gasteiger partial charge is 0.484 e. The van der Waals surface area contributed by atoms with Crippen molar-refractivity contribution in [2.45, 2.75) is 6.18 Å². The SMILES string of the molecule is O=[C]COc1ccc(C(F)(F)F)cc1Cl. The average Bonchev–Trinajstić information content (AvgIpc) is 2.14. The molecule has 0 saturated heterocycles. The lowest BCUT2D eigenvalue weighted by Crippen LogP contribution is -2.05. The molecule has 0 amide bonds. The van der Waals surface area contributed by atoms with Crippen LogP contribution in [-0.2, 0) is 11.0 Å². The standard InChI is InChI=1S/C9H5ClF3O2/c10-7-5-6(9(11,12)13)1-2-8(7)15-4-3-14/h1-2,5H,4H2. The van der Waals surface area contributed by atoms with Crippen LogP contribution in [0.2, 0.25) is 5.02 Å². The van der Waals surface area contributed by atoms with Gasteiger partial charge in [-0.2, -0.15) is 13.2 Å². The van der Waals surface area contributed by atoms with Crippen LogP contribution in [0.25, 0.3) is 0 Å². The molecular weight excluding hydrogens is 233 g/mol. The van der Waals surface area contributed by atoms with Crippen molar-refractivity contribution < 1.29 is 22.7 Å². The lowest BCUT2D eigenvalue weighted by Gasteiger charge is -2.09. The Balaban J connectivity index is 2.93. The molecule has 15 heavy (non-hydrogen) atoms. The van der Waals surface area contributed by atoms with Crippen LogP contribution >= 0.6 is 11.6 Å². The fourth-order valence-corrected chi connectivity index (χ4v) is 1.14. The molecule has 0 bridgehead atoms. The summed E-state index contributed by atoms with van der Waals surface area (Å²) in [4.78, 5) is 9.84. The average molecular weight is 238 g/mol. The van der Waals surface area contributed by atoms with Crippen molar-refractivity contribution in [1.82, 2.24) is 0 Å². The molecule has 0 fully saturated rings. The zero-order valence-corrected chi connectivity index (χ0v) is 8.02. The van der Waals surface area contributed by atoms with E-state index in [1.54, 1.807) is 0 Å². The van der Waals surface area contributed by atoms with Gasteiger partial charge in [0.1, 0.15) is 5.75 Å². The van der Waals surface area contributed by atoms with Gasteiger partial charge in [-0.3, -0.25) is 4.79 Å². The van der Waals surface area contributed by atoms with E-state index in [2.05, 4.69) is 0 Å². The van der Waals surface area contributed by atoms with Crippen molar-refractivity contribution in [3.63, 3.8) is 0 Å². The van der Waals surface area contributed by atoms with Gasteiger partial charge in [0.15, 0.2) is 6.61 Å². The normalized spacial score (nSPS) is 11.2. The van der Waals surface area contributed by atoms with E-state index in [0.29, 0.717) is 0 Å². The predicted octanol–water partition coefficient (Wildman–Crippen LogP) is 2.85. The smallest absolute Gasteiger partial charge is 0.416 e. The number of hydrogen-bond acceptors (Lipinski definition) is 2. The number of ether oxygens (including phenoxy) is 1. The molecule has 0 aliphatic rings. The first-order chi connectivity index (χ1) is 6.95. The first kappa shape index (κ1) is 11.8. The summed E-state index contributed by atoms with van der Waals surface area (Å²) in [6.07, 6.45) is -3.01. The van der Waals surface area contributed by atoms with E-state index in [1.165, 1.54) is 6.29 Å². The summed E-state index contributed by atoms with van der Waals surface area (Å²) in [5, 5.41) is -0.194. The molecule has 0 saturated carbocycles. The van der Waals surface area contributed by atoms with E-state index in [-0.39, 0.29) is 17.4 Å². The topological polar surface area (TPSA) is 26.3 Å². The van der Waals surface area contributed by atoms with Gasteiger partial charge in [-0.25, -0.2) is 0 Å². The highest BCUT2D eigenvalue weighted by atomic mass is 35.5. The van der Waals surface area contributed by atoms with E-state index in [1.807, 2.05) is 0 Å². The quantitative estimate of drug-likeness (QED) is 0.808. The zero-order valence-electron chi connectivity index (χ0n) is 7.27. The monoisotopic (exact) mass is 237 g/mol. The van der Waals surface area contributed by atoms with Crippen LogP contribution in [0.15, 0.2) is 18.2 Å². The number of halogens is 4. The summed E-state index contributed by atoms with van der Waals surface area (Å²) in [5.41, 5.74) is -0.866. The van der Waals surface area contributed by atoms with Crippen molar-refractivity contribution in [2.24, 2.45) is 0 Å². The van der Waals surface area contributed by atoms with E-state index in [0.717, 1.165) is 18.2 Å². The fraction of sp³-hybridized carbons (Fsp3) is 0.222. The predicted molar refractivity (Wildman–Crippen MR) is 47.6 cm³/mol. The van der Waals surface area contributed by atoms with E-state index in [9.17, 15) is 18.0 Å². The van der Waals surface area contributed by atoms with Crippen LogP contribution in [0.4, 0.5) is 13.2 Å². The number of benzene rings is 1. The Bertz CT molecular complexity index is 363. The van der Waals surface area contributed by atoms with Gasteiger partial charge < -0.3 is 4.74 Å². The maximum Gasteiger partial charge on any atom is 0.416 e. The zero-order chi connectivity index (χ0) is 11.5. The van der Waals surface area contributed by atoms with Crippen molar-refractivity contribution in [1.29, 1.82) is 0 Å². The highest BCUT2D eigenvalue weighted by Gasteiger charge is 2.30. The van der Waals surface area contributed by atoms with E-state index >= 15 is 0 Å². The van der Waals surface area contributed by atoms with Gasteiger partial charge in [-0.1, -0.05) is 11.6 Å².